The third-order valence-corrected chi connectivity index (χ3v) is 3.41. The first-order valence-corrected chi connectivity index (χ1v) is 6.54. The Bertz CT molecular complexity index is 788. The lowest BCUT2D eigenvalue weighted by atomic mass is 9.99. The van der Waals surface area contributed by atoms with Gasteiger partial charge in [-0.1, -0.05) is 42.5 Å². The summed E-state index contributed by atoms with van der Waals surface area (Å²) in [6.45, 7) is 0. The highest BCUT2D eigenvalue weighted by atomic mass is 16.6. The molecule has 3 aromatic rings. The van der Waals surface area contributed by atoms with Crippen LogP contribution >= 0.6 is 0 Å². The smallest absolute Gasteiger partial charge is 0.403 e. The summed E-state index contributed by atoms with van der Waals surface area (Å²) in [5.41, 5.74) is 0.972. The molecule has 0 saturated heterocycles. The van der Waals surface area contributed by atoms with Crippen molar-refractivity contribution < 1.29 is 14.4 Å². The molecule has 1 heterocycles. The zero-order valence-corrected chi connectivity index (χ0v) is 11.1. The second-order valence-corrected chi connectivity index (χ2v) is 4.79. The molecule has 1 N–H and O–H groups in total. The third kappa shape index (κ3) is 2.64. The third-order valence-electron chi connectivity index (χ3n) is 3.41. The second kappa shape index (κ2) is 5.38. The number of fused-ring (bicyclic) bond motifs is 1. The van der Waals surface area contributed by atoms with Gasteiger partial charge in [0.1, 0.15) is 16.8 Å². The molecule has 1 aromatic heterocycles. The van der Waals surface area contributed by atoms with E-state index in [9.17, 15) is 15.2 Å². The van der Waals surface area contributed by atoms with Crippen LogP contribution in [-0.4, -0.2) is 10.0 Å². The van der Waals surface area contributed by atoms with Gasteiger partial charge in [0.05, 0.1) is 6.07 Å². The van der Waals surface area contributed by atoms with Crippen LogP contribution in [0.3, 0.4) is 0 Å². The van der Waals surface area contributed by atoms with E-state index in [-0.39, 0.29) is 11.6 Å². The SMILES string of the molecule is O=[N+]([O-])c1ccc(C(O)Cc2cccc3ccccc23)o1. The minimum Gasteiger partial charge on any atom is -0.403 e. The summed E-state index contributed by atoms with van der Waals surface area (Å²) in [5, 5.41) is 23.0. The number of nitrogens with zero attached hydrogens (tertiary/aromatic N) is 1. The van der Waals surface area contributed by atoms with E-state index in [1.54, 1.807) is 0 Å². The number of rotatable bonds is 4. The maximum Gasteiger partial charge on any atom is 0.433 e. The highest BCUT2D eigenvalue weighted by Crippen LogP contribution is 2.27. The van der Waals surface area contributed by atoms with Gasteiger partial charge in [-0.3, -0.25) is 10.1 Å². The summed E-state index contributed by atoms with van der Waals surface area (Å²) in [5.74, 6) is -0.156. The molecular weight excluding hydrogens is 270 g/mol. The fourth-order valence-electron chi connectivity index (χ4n) is 2.40. The number of hydrogen-bond acceptors (Lipinski definition) is 4. The molecule has 0 saturated carbocycles. The second-order valence-electron chi connectivity index (χ2n) is 4.79. The monoisotopic (exact) mass is 283 g/mol. The number of furan rings is 1. The van der Waals surface area contributed by atoms with E-state index < -0.39 is 11.0 Å². The van der Waals surface area contributed by atoms with Crippen molar-refractivity contribution in [2.24, 2.45) is 0 Å². The predicted octanol–water partition coefficient (Wildman–Crippen LogP) is 3.62. The van der Waals surface area contributed by atoms with Gasteiger partial charge in [-0.15, -0.1) is 0 Å². The van der Waals surface area contributed by atoms with E-state index in [1.165, 1.54) is 12.1 Å². The molecule has 0 spiro atoms. The molecule has 0 aliphatic rings. The minimum absolute atomic E-state index is 0.203. The summed E-state index contributed by atoms with van der Waals surface area (Å²) in [6.07, 6.45) is -0.573. The van der Waals surface area contributed by atoms with E-state index in [0.717, 1.165) is 16.3 Å². The van der Waals surface area contributed by atoms with Crippen molar-refractivity contribution in [3.05, 3.63) is 76.0 Å². The van der Waals surface area contributed by atoms with Crippen LogP contribution < -0.4 is 0 Å². The van der Waals surface area contributed by atoms with E-state index in [0.29, 0.717) is 6.42 Å². The molecule has 0 aliphatic heterocycles. The maximum absolute atomic E-state index is 10.6. The molecular formula is C16H13NO4. The van der Waals surface area contributed by atoms with Crippen LogP contribution in [0.5, 0.6) is 0 Å². The Morgan fingerprint density at radius 2 is 1.86 bits per heavy atom. The van der Waals surface area contributed by atoms with Crippen molar-refractivity contribution >= 4 is 16.7 Å². The van der Waals surface area contributed by atoms with Crippen LogP contribution in [0.1, 0.15) is 17.4 Å². The Kier molecular flexibility index (Phi) is 3.41. The number of nitro groups is 1. The number of hydrogen-bond donors (Lipinski definition) is 1. The van der Waals surface area contributed by atoms with Gasteiger partial charge in [0.2, 0.25) is 0 Å². The summed E-state index contributed by atoms with van der Waals surface area (Å²) >= 11 is 0. The standard InChI is InChI=1S/C16H13NO4/c18-14(15-8-9-16(21-15)17(19)20)10-12-6-3-5-11-4-1-2-7-13(11)12/h1-9,14,18H,10H2. The van der Waals surface area contributed by atoms with Gasteiger partial charge in [-0.2, -0.15) is 0 Å². The summed E-state index contributed by atoms with van der Waals surface area (Å²) in [6, 6.07) is 16.4. The molecule has 0 amide bonds. The fourth-order valence-corrected chi connectivity index (χ4v) is 2.40. The lowest BCUT2D eigenvalue weighted by molar-refractivity contribution is -0.402. The molecule has 0 radical (unpaired) electrons. The van der Waals surface area contributed by atoms with Crippen molar-refractivity contribution in [2.75, 3.05) is 0 Å². The van der Waals surface area contributed by atoms with Crippen LogP contribution in [0.4, 0.5) is 5.88 Å². The van der Waals surface area contributed by atoms with E-state index in [1.807, 2.05) is 42.5 Å². The molecule has 1 atom stereocenters. The van der Waals surface area contributed by atoms with Gasteiger partial charge in [0, 0.05) is 6.42 Å². The summed E-state index contributed by atoms with van der Waals surface area (Å²) in [7, 11) is 0. The first-order chi connectivity index (χ1) is 10.1. The first kappa shape index (κ1) is 13.3. The Balaban J connectivity index is 1.89. The topological polar surface area (TPSA) is 76.5 Å². The lowest BCUT2D eigenvalue weighted by Crippen LogP contribution is -2.01. The maximum atomic E-state index is 10.6. The van der Waals surface area contributed by atoms with Gasteiger partial charge in [-0.25, -0.2) is 0 Å². The van der Waals surface area contributed by atoms with Gasteiger partial charge in [0.15, 0.2) is 0 Å². The van der Waals surface area contributed by atoms with Crippen LogP contribution in [0, 0.1) is 10.1 Å². The summed E-state index contributed by atoms with van der Waals surface area (Å²) < 4.78 is 5.04. The quantitative estimate of drug-likeness (QED) is 0.586. The molecule has 106 valence electrons. The average Bonchev–Trinajstić information content (AvgIpc) is 2.98. The highest BCUT2D eigenvalue weighted by Gasteiger charge is 2.18. The van der Waals surface area contributed by atoms with Gasteiger partial charge in [0.25, 0.3) is 0 Å². The van der Waals surface area contributed by atoms with Crippen LogP contribution in [-0.2, 0) is 6.42 Å². The zero-order chi connectivity index (χ0) is 14.8. The molecule has 1 unspecified atom stereocenters. The van der Waals surface area contributed by atoms with E-state index >= 15 is 0 Å². The largest absolute Gasteiger partial charge is 0.433 e. The van der Waals surface area contributed by atoms with Crippen molar-refractivity contribution in [1.82, 2.24) is 0 Å². The minimum atomic E-state index is -0.912. The zero-order valence-electron chi connectivity index (χ0n) is 11.1. The van der Waals surface area contributed by atoms with Crippen molar-refractivity contribution in [3.8, 4) is 0 Å². The molecule has 3 rings (SSSR count). The molecule has 0 bridgehead atoms. The number of benzene rings is 2. The number of aliphatic hydroxyl groups excluding tert-OH is 1. The van der Waals surface area contributed by atoms with Gasteiger partial charge in [-0.05, 0) is 22.4 Å². The molecule has 0 fully saturated rings. The average molecular weight is 283 g/mol. The van der Waals surface area contributed by atoms with Crippen LogP contribution in [0.15, 0.2) is 59.0 Å². The van der Waals surface area contributed by atoms with Crippen LogP contribution in [0.25, 0.3) is 10.8 Å². The normalized spacial score (nSPS) is 12.4. The van der Waals surface area contributed by atoms with E-state index in [4.69, 9.17) is 4.42 Å². The molecule has 21 heavy (non-hydrogen) atoms. The van der Waals surface area contributed by atoms with Crippen molar-refractivity contribution in [1.29, 1.82) is 0 Å². The Hall–Kier alpha value is -2.66. The van der Waals surface area contributed by atoms with Crippen molar-refractivity contribution in [2.45, 2.75) is 12.5 Å². The molecule has 2 aromatic carbocycles. The lowest BCUT2D eigenvalue weighted by Gasteiger charge is -2.10. The Labute approximate surface area is 120 Å². The highest BCUT2D eigenvalue weighted by molar-refractivity contribution is 5.85. The molecule has 5 heteroatoms. The molecule has 5 nitrogen and oxygen atoms in total. The first-order valence-electron chi connectivity index (χ1n) is 6.54. The van der Waals surface area contributed by atoms with E-state index in [2.05, 4.69) is 0 Å². The van der Waals surface area contributed by atoms with Crippen LogP contribution in [0.2, 0.25) is 0 Å². The fraction of sp³-hybridized carbons (Fsp3) is 0.125. The molecule has 0 aliphatic carbocycles. The Morgan fingerprint density at radius 1 is 1.10 bits per heavy atom. The summed E-state index contributed by atoms with van der Waals surface area (Å²) in [4.78, 5) is 9.98. The Morgan fingerprint density at radius 3 is 2.62 bits per heavy atom. The van der Waals surface area contributed by atoms with Crippen molar-refractivity contribution in [3.63, 3.8) is 0 Å². The predicted molar refractivity (Wildman–Crippen MR) is 78.0 cm³/mol. The van der Waals surface area contributed by atoms with Gasteiger partial charge < -0.3 is 9.52 Å². The van der Waals surface area contributed by atoms with Gasteiger partial charge >= 0.3 is 5.88 Å². The number of aliphatic hydroxyl groups is 1.